The van der Waals surface area contributed by atoms with Crippen LogP contribution in [0.5, 0.6) is 5.75 Å². The zero-order chi connectivity index (χ0) is 30.8. The van der Waals surface area contributed by atoms with Crippen LogP contribution in [0.2, 0.25) is 0 Å². The van der Waals surface area contributed by atoms with Crippen molar-refractivity contribution in [2.75, 3.05) is 24.5 Å². The zero-order valence-corrected chi connectivity index (χ0v) is 25.5. The van der Waals surface area contributed by atoms with Gasteiger partial charge in [-0.1, -0.05) is 90.5 Å². The van der Waals surface area contributed by atoms with Crippen molar-refractivity contribution in [3.63, 3.8) is 0 Å². The number of sulfonamides is 1. The summed E-state index contributed by atoms with van der Waals surface area (Å²) in [5.74, 6) is -0.554. The highest BCUT2D eigenvalue weighted by Gasteiger charge is 2.35. The average Bonchev–Trinajstić information content (AvgIpc) is 3.03. The minimum atomic E-state index is -4.21. The lowest BCUT2D eigenvalue weighted by atomic mass is 10.0. The van der Waals surface area contributed by atoms with Gasteiger partial charge in [0.15, 0.2) is 0 Å². The molecular formula is C34H37N3O5S. The molecule has 0 radical (unpaired) electrons. The van der Waals surface area contributed by atoms with E-state index in [-0.39, 0.29) is 29.5 Å². The van der Waals surface area contributed by atoms with Gasteiger partial charge in [-0.05, 0) is 49.2 Å². The number of hydrogen-bond acceptors (Lipinski definition) is 5. The molecule has 43 heavy (non-hydrogen) atoms. The van der Waals surface area contributed by atoms with Crippen LogP contribution in [0.3, 0.4) is 0 Å². The van der Waals surface area contributed by atoms with Crippen molar-refractivity contribution in [3.8, 4) is 5.75 Å². The molecule has 9 heteroatoms. The van der Waals surface area contributed by atoms with E-state index in [4.69, 9.17) is 4.74 Å². The molecule has 8 nitrogen and oxygen atoms in total. The molecule has 4 aromatic rings. The molecule has 0 aliphatic carbocycles. The van der Waals surface area contributed by atoms with Crippen molar-refractivity contribution in [3.05, 3.63) is 126 Å². The van der Waals surface area contributed by atoms with Crippen LogP contribution in [0.15, 0.2) is 114 Å². The highest BCUT2D eigenvalue weighted by atomic mass is 32.2. The predicted molar refractivity (Wildman–Crippen MR) is 168 cm³/mol. The molecule has 0 aliphatic rings. The summed E-state index contributed by atoms with van der Waals surface area (Å²) in [6.07, 6.45) is 0.249. The van der Waals surface area contributed by atoms with Gasteiger partial charge in [-0.3, -0.25) is 13.9 Å². The summed E-state index contributed by atoms with van der Waals surface area (Å²) in [4.78, 5) is 29.3. The third-order valence-electron chi connectivity index (χ3n) is 7.03. The SMILES string of the molecule is CCOc1ccccc1N(CC(=O)N(Cc1ccc(C)cc1)[C@H](Cc1ccccc1)C(=O)NC)S(=O)(=O)c1ccccc1. The lowest BCUT2D eigenvalue weighted by molar-refractivity contribution is -0.139. The summed E-state index contributed by atoms with van der Waals surface area (Å²) >= 11 is 0. The lowest BCUT2D eigenvalue weighted by Gasteiger charge is -2.34. The molecule has 0 unspecified atom stereocenters. The van der Waals surface area contributed by atoms with Gasteiger partial charge >= 0.3 is 0 Å². The molecule has 2 amide bonds. The lowest BCUT2D eigenvalue weighted by Crippen LogP contribution is -2.53. The normalized spacial score (nSPS) is 11.8. The predicted octanol–water partition coefficient (Wildman–Crippen LogP) is 4.98. The smallest absolute Gasteiger partial charge is 0.264 e. The standard InChI is InChI=1S/C34H37N3O5S/c1-4-42-32-18-12-11-17-30(32)37(43(40,41)29-15-9-6-10-16-29)25-33(38)36(24-28-21-19-26(2)20-22-28)31(34(39)35-3)23-27-13-7-5-8-14-27/h5-22,31H,4,23-25H2,1-3H3,(H,35,39)/t31-/m1/s1. The molecule has 0 fully saturated rings. The number of likely N-dealkylation sites (N-methyl/N-ethyl adjacent to an activating group) is 1. The number of rotatable bonds is 13. The summed E-state index contributed by atoms with van der Waals surface area (Å²) < 4.78 is 35.1. The van der Waals surface area contributed by atoms with Gasteiger partial charge in [0.25, 0.3) is 10.0 Å². The Kier molecular flexibility index (Phi) is 10.6. The molecule has 0 aromatic heterocycles. The van der Waals surface area contributed by atoms with Gasteiger partial charge in [0.1, 0.15) is 18.3 Å². The van der Waals surface area contributed by atoms with Gasteiger partial charge in [-0.2, -0.15) is 0 Å². The van der Waals surface area contributed by atoms with Gasteiger partial charge in [-0.25, -0.2) is 8.42 Å². The second kappa shape index (κ2) is 14.5. The molecule has 0 spiro atoms. The maximum atomic E-state index is 14.4. The summed E-state index contributed by atoms with van der Waals surface area (Å²) in [7, 11) is -2.68. The fourth-order valence-electron chi connectivity index (χ4n) is 4.78. The summed E-state index contributed by atoms with van der Waals surface area (Å²) in [5, 5.41) is 2.70. The van der Waals surface area contributed by atoms with Gasteiger partial charge in [-0.15, -0.1) is 0 Å². The van der Waals surface area contributed by atoms with E-state index in [9.17, 15) is 18.0 Å². The van der Waals surface area contributed by atoms with E-state index in [0.29, 0.717) is 12.4 Å². The van der Waals surface area contributed by atoms with E-state index in [1.165, 1.54) is 24.1 Å². The third-order valence-corrected chi connectivity index (χ3v) is 8.81. The van der Waals surface area contributed by atoms with E-state index in [1.54, 1.807) is 49.4 Å². The Balaban J connectivity index is 1.81. The number of carbonyl (C=O) groups excluding carboxylic acids is 2. The van der Waals surface area contributed by atoms with Crippen molar-refractivity contribution in [1.29, 1.82) is 0 Å². The monoisotopic (exact) mass is 599 g/mol. The fourth-order valence-corrected chi connectivity index (χ4v) is 6.23. The fraction of sp³-hybridized carbons (Fsp3) is 0.235. The number of carbonyl (C=O) groups is 2. The Bertz CT molecular complexity index is 1610. The van der Waals surface area contributed by atoms with Crippen LogP contribution in [0.1, 0.15) is 23.6 Å². The third kappa shape index (κ3) is 7.81. The Morgan fingerprint density at radius 2 is 1.42 bits per heavy atom. The topological polar surface area (TPSA) is 96.0 Å². The van der Waals surface area contributed by atoms with E-state index >= 15 is 0 Å². The van der Waals surface area contributed by atoms with Crippen molar-refractivity contribution < 1.29 is 22.7 Å². The maximum Gasteiger partial charge on any atom is 0.264 e. The van der Waals surface area contributed by atoms with E-state index in [2.05, 4.69) is 5.32 Å². The maximum absolute atomic E-state index is 14.4. The number of amides is 2. The summed E-state index contributed by atoms with van der Waals surface area (Å²) in [5.41, 5.74) is 2.97. The van der Waals surface area contributed by atoms with Crippen LogP contribution in [-0.4, -0.2) is 51.4 Å². The van der Waals surface area contributed by atoms with Crippen molar-refractivity contribution in [2.24, 2.45) is 0 Å². The number of ether oxygens (including phenoxy) is 1. The Labute approximate surface area is 254 Å². The van der Waals surface area contributed by atoms with Crippen LogP contribution in [-0.2, 0) is 32.6 Å². The highest BCUT2D eigenvalue weighted by Crippen LogP contribution is 2.33. The number of nitrogens with zero attached hydrogens (tertiary/aromatic N) is 2. The Hall–Kier alpha value is -4.63. The zero-order valence-electron chi connectivity index (χ0n) is 24.6. The second-order valence-corrected chi connectivity index (χ2v) is 11.9. The van der Waals surface area contributed by atoms with E-state index < -0.39 is 28.5 Å². The number of aryl methyl sites for hydroxylation is 1. The average molecular weight is 600 g/mol. The molecule has 0 saturated carbocycles. The molecule has 1 atom stereocenters. The Morgan fingerprint density at radius 3 is 2.05 bits per heavy atom. The first kappa shape index (κ1) is 31.3. The number of para-hydroxylation sites is 2. The van der Waals surface area contributed by atoms with Crippen LogP contribution in [0, 0.1) is 6.92 Å². The van der Waals surface area contributed by atoms with Crippen LogP contribution < -0.4 is 14.4 Å². The summed E-state index contributed by atoms with van der Waals surface area (Å²) in [6.45, 7) is 3.64. The molecule has 4 aromatic carbocycles. The van der Waals surface area contributed by atoms with Crippen molar-refractivity contribution >= 4 is 27.5 Å². The highest BCUT2D eigenvalue weighted by molar-refractivity contribution is 7.92. The first-order valence-corrected chi connectivity index (χ1v) is 15.6. The minimum absolute atomic E-state index is 0.0336. The molecule has 0 bridgehead atoms. The first-order chi connectivity index (χ1) is 20.7. The number of benzene rings is 4. The second-order valence-electron chi connectivity index (χ2n) is 10.1. The van der Waals surface area contributed by atoms with Crippen molar-refractivity contribution in [2.45, 2.75) is 37.8 Å². The van der Waals surface area contributed by atoms with Crippen LogP contribution in [0.4, 0.5) is 5.69 Å². The molecule has 0 saturated heterocycles. The summed E-state index contributed by atoms with van der Waals surface area (Å²) in [6, 6.07) is 30.9. The number of nitrogens with one attached hydrogen (secondary N) is 1. The van der Waals surface area contributed by atoms with Gasteiger partial charge in [0, 0.05) is 20.0 Å². The number of hydrogen-bond donors (Lipinski definition) is 1. The van der Waals surface area contributed by atoms with Gasteiger partial charge in [0.2, 0.25) is 11.8 Å². The van der Waals surface area contributed by atoms with Crippen molar-refractivity contribution in [1.82, 2.24) is 10.2 Å². The van der Waals surface area contributed by atoms with Crippen LogP contribution in [0.25, 0.3) is 0 Å². The quantitative estimate of drug-likeness (QED) is 0.234. The van der Waals surface area contributed by atoms with E-state index in [0.717, 1.165) is 21.0 Å². The molecule has 1 N–H and O–H groups in total. The largest absolute Gasteiger partial charge is 0.492 e. The molecule has 4 rings (SSSR count). The van der Waals surface area contributed by atoms with Crippen LogP contribution >= 0.6 is 0 Å². The molecule has 0 heterocycles. The Morgan fingerprint density at radius 1 is 0.814 bits per heavy atom. The minimum Gasteiger partial charge on any atom is -0.492 e. The molecular weight excluding hydrogens is 562 g/mol. The molecule has 0 aliphatic heterocycles. The number of anilines is 1. The van der Waals surface area contributed by atoms with Gasteiger partial charge < -0.3 is 15.0 Å². The van der Waals surface area contributed by atoms with E-state index in [1.807, 2.05) is 61.5 Å². The molecule has 224 valence electrons. The van der Waals surface area contributed by atoms with Gasteiger partial charge in [0.05, 0.1) is 17.2 Å². The first-order valence-electron chi connectivity index (χ1n) is 14.1.